The summed E-state index contributed by atoms with van der Waals surface area (Å²) in [7, 11) is 0. The van der Waals surface area contributed by atoms with Crippen LogP contribution in [-0.4, -0.2) is 47.8 Å². The lowest BCUT2D eigenvalue weighted by Gasteiger charge is -2.21. The minimum absolute atomic E-state index is 0.229. The Kier molecular flexibility index (Phi) is 4.26. The summed E-state index contributed by atoms with van der Waals surface area (Å²) in [5.41, 5.74) is 0. The molecule has 1 heterocycles. The van der Waals surface area contributed by atoms with E-state index in [-0.39, 0.29) is 12.6 Å². The zero-order valence-corrected chi connectivity index (χ0v) is 8.26. The molecule has 1 fully saturated rings. The van der Waals surface area contributed by atoms with E-state index in [1.54, 1.807) is 0 Å². The van der Waals surface area contributed by atoms with Crippen LogP contribution in [0, 0.1) is 0 Å². The van der Waals surface area contributed by atoms with Gasteiger partial charge in [-0.3, -0.25) is 14.4 Å². The van der Waals surface area contributed by atoms with Crippen LogP contribution >= 0.6 is 0 Å². The highest BCUT2D eigenvalue weighted by atomic mass is 16.7. The second kappa shape index (κ2) is 5.47. The molecular weight excluding hydrogens is 200 g/mol. The van der Waals surface area contributed by atoms with E-state index in [0.29, 0.717) is 19.4 Å². The highest BCUT2D eigenvalue weighted by molar-refractivity contribution is 5.74. The summed E-state index contributed by atoms with van der Waals surface area (Å²) in [4.78, 5) is 26.4. The van der Waals surface area contributed by atoms with Crippen LogP contribution in [0.4, 0.5) is 0 Å². The molecule has 1 rings (SSSR count). The van der Waals surface area contributed by atoms with Gasteiger partial charge in [0.05, 0.1) is 12.6 Å². The molecule has 2 atom stereocenters. The van der Waals surface area contributed by atoms with E-state index in [2.05, 4.69) is 11.9 Å². The molecule has 1 aliphatic rings. The van der Waals surface area contributed by atoms with Crippen LogP contribution in [0.2, 0.25) is 0 Å². The lowest BCUT2D eigenvalue weighted by molar-refractivity contribution is -0.179. The summed E-state index contributed by atoms with van der Waals surface area (Å²) in [5.74, 6) is -0.910. The standard InChI is InChI=1S/C9H14N2O4/c1-2-3-15-11(6-12)7-4-8(9(13)14)10-5-7/h2,6-8,10H,1,3-5H2,(H,13,14)/t7-,8-/m1/s1. The molecule has 15 heavy (non-hydrogen) atoms. The van der Waals surface area contributed by atoms with Gasteiger partial charge in [-0.2, -0.15) is 0 Å². The number of carbonyl (C=O) groups excluding carboxylic acids is 1. The Bertz CT molecular complexity index is 256. The number of rotatable bonds is 6. The molecule has 84 valence electrons. The van der Waals surface area contributed by atoms with Crippen molar-refractivity contribution < 1.29 is 19.5 Å². The average Bonchev–Trinajstić information content (AvgIpc) is 2.68. The first-order valence-electron chi connectivity index (χ1n) is 4.62. The van der Waals surface area contributed by atoms with Crippen molar-refractivity contribution in [2.45, 2.75) is 18.5 Å². The summed E-state index contributed by atoms with van der Waals surface area (Å²) in [6.45, 7) is 4.11. The van der Waals surface area contributed by atoms with Crippen LogP contribution in [0.25, 0.3) is 0 Å². The number of nitrogens with zero attached hydrogens (tertiary/aromatic N) is 1. The van der Waals surface area contributed by atoms with Crippen LogP contribution < -0.4 is 5.32 Å². The molecule has 0 aromatic carbocycles. The third-order valence-electron chi connectivity index (χ3n) is 2.21. The van der Waals surface area contributed by atoms with Gasteiger partial charge in [0.2, 0.25) is 6.41 Å². The van der Waals surface area contributed by atoms with Gasteiger partial charge in [-0.05, 0) is 6.42 Å². The maximum Gasteiger partial charge on any atom is 0.320 e. The Labute approximate surface area is 87.5 Å². The Morgan fingerprint density at radius 3 is 2.93 bits per heavy atom. The van der Waals surface area contributed by atoms with Crippen LogP contribution in [0.15, 0.2) is 12.7 Å². The van der Waals surface area contributed by atoms with E-state index in [1.165, 1.54) is 6.08 Å². The molecular formula is C9H14N2O4. The fourth-order valence-corrected chi connectivity index (χ4v) is 1.46. The number of amides is 1. The average molecular weight is 214 g/mol. The number of carboxylic acid groups (broad SMARTS) is 1. The molecule has 0 aromatic rings. The van der Waals surface area contributed by atoms with Crippen molar-refractivity contribution in [1.82, 2.24) is 10.4 Å². The Balaban J connectivity index is 2.45. The first-order chi connectivity index (χ1) is 7.19. The zero-order chi connectivity index (χ0) is 11.3. The summed E-state index contributed by atoms with van der Waals surface area (Å²) >= 11 is 0. The molecule has 0 radical (unpaired) electrons. The van der Waals surface area contributed by atoms with Gasteiger partial charge in [-0.1, -0.05) is 6.08 Å². The van der Waals surface area contributed by atoms with Crippen molar-refractivity contribution in [2.24, 2.45) is 0 Å². The Morgan fingerprint density at radius 2 is 2.47 bits per heavy atom. The molecule has 0 bridgehead atoms. The summed E-state index contributed by atoms with van der Waals surface area (Å²) in [6.07, 6.45) is 2.43. The normalized spacial score (nSPS) is 24.8. The summed E-state index contributed by atoms with van der Waals surface area (Å²) in [5, 5.41) is 12.7. The minimum atomic E-state index is -0.910. The fourth-order valence-electron chi connectivity index (χ4n) is 1.46. The van der Waals surface area contributed by atoms with E-state index in [1.807, 2.05) is 0 Å². The molecule has 1 amide bonds. The molecule has 1 aliphatic heterocycles. The van der Waals surface area contributed by atoms with Crippen molar-refractivity contribution in [1.29, 1.82) is 0 Å². The van der Waals surface area contributed by atoms with Crippen molar-refractivity contribution in [3.63, 3.8) is 0 Å². The van der Waals surface area contributed by atoms with Gasteiger partial charge in [0.1, 0.15) is 6.04 Å². The zero-order valence-electron chi connectivity index (χ0n) is 8.26. The fraction of sp³-hybridized carbons (Fsp3) is 0.556. The Hall–Kier alpha value is -1.40. The highest BCUT2D eigenvalue weighted by Gasteiger charge is 2.32. The van der Waals surface area contributed by atoms with Gasteiger partial charge in [0.15, 0.2) is 0 Å². The van der Waals surface area contributed by atoms with E-state index < -0.39 is 12.0 Å². The third-order valence-corrected chi connectivity index (χ3v) is 2.21. The number of hydrogen-bond acceptors (Lipinski definition) is 4. The van der Waals surface area contributed by atoms with Crippen molar-refractivity contribution >= 4 is 12.4 Å². The van der Waals surface area contributed by atoms with Gasteiger partial charge in [0, 0.05) is 6.54 Å². The van der Waals surface area contributed by atoms with Crippen LogP contribution in [0.5, 0.6) is 0 Å². The molecule has 0 aliphatic carbocycles. The smallest absolute Gasteiger partial charge is 0.320 e. The van der Waals surface area contributed by atoms with Gasteiger partial charge in [-0.15, -0.1) is 6.58 Å². The highest BCUT2D eigenvalue weighted by Crippen LogP contribution is 2.12. The number of aliphatic carboxylic acids is 1. The Morgan fingerprint density at radius 1 is 1.73 bits per heavy atom. The number of nitrogens with one attached hydrogen (secondary N) is 1. The SMILES string of the molecule is C=CCON(C=O)[C@H]1CN[C@@H](C(=O)O)C1. The maximum absolute atomic E-state index is 10.7. The van der Waals surface area contributed by atoms with E-state index in [4.69, 9.17) is 9.94 Å². The lowest BCUT2D eigenvalue weighted by atomic mass is 10.2. The van der Waals surface area contributed by atoms with Gasteiger partial charge in [-0.25, -0.2) is 5.06 Å². The molecule has 1 saturated heterocycles. The van der Waals surface area contributed by atoms with Crippen molar-refractivity contribution in [2.75, 3.05) is 13.2 Å². The van der Waals surface area contributed by atoms with E-state index in [0.717, 1.165) is 5.06 Å². The van der Waals surface area contributed by atoms with Crippen LogP contribution in [-0.2, 0) is 14.4 Å². The predicted molar refractivity (Wildman–Crippen MR) is 51.9 cm³/mol. The molecule has 0 aromatic heterocycles. The quantitative estimate of drug-likeness (QED) is 0.350. The van der Waals surface area contributed by atoms with Gasteiger partial charge in [0.25, 0.3) is 0 Å². The first-order valence-corrected chi connectivity index (χ1v) is 4.62. The first kappa shape index (κ1) is 11.7. The van der Waals surface area contributed by atoms with Crippen molar-refractivity contribution in [3.05, 3.63) is 12.7 Å². The van der Waals surface area contributed by atoms with E-state index >= 15 is 0 Å². The van der Waals surface area contributed by atoms with E-state index in [9.17, 15) is 9.59 Å². The number of hydrogen-bond donors (Lipinski definition) is 2. The van der Waals surface area contributed by atoms with Crippen molar-refractivity contribution in [3.8, 4) is 0 Å². The molecule has 6 nitrogen and oxygen atoms in total. The molecule has 0 spiro atoms. The topological polar surface area (TPSA) is 78.9 Å². The summed E-state index contributed by atoms with van der Waals surface area (Å²) < 4.78 is 0. The van der Waals surface area contributed by atoms with Crippen LogP contribution in [0.3, 0.4) is 0 Å². The number of carbonyl (C=O) groups is 2. The molecule has 2 N–H and O–H groups in total. The molecule has 0 saturated carbocycles. The number of carboxylic acids is 1. The predicted octanol–water partition coefficient (Wildman–Crippen LogP) is -0.622. The van der Waals surface area contributed by atoms with Crippen LogP contribution in [0.1, 0.15) is 6.42 Å². The largest absolute Gasteiger partial charge is 0.480 e. The van der Waals surface area contributed by atoms with Gasteiger partial charge < -0.3 is 10.4 Å². The maximum atomic E-state index is 10.7. The molecule has 0 unspecified atom stereocenters. The second-order valence-electron chi connectivity index (χ2n) is 3.24. The van der Waals surface area contributed by atoms with Gasteiger partial charge >= 0.3 is 5.97 Å². The second-order valence-corrected chi connectivity index (χ2v) is 3.24. The summed E-state index contributed by atoms with van der Waals surface area (Å²) in [6, 6.07) is -0.840. The monoisotopic (exact) mass is 214 g/mol. The lowest BCUT2D eigenvalue weighted by Crippen LogP contribution is -2.35. The molecule has 6 heteroatoms. The number of hydroxylamine groups is 2. The third kappa shape index (κ3) is 3.03. The minimum Gasteiger partial charge on any atom is -0.480 e.